The zero-order valence-corrected chi connectivity index (χ0v) is 22.9. The molecule has 3 heterocycles. The van der Waals surface area contributed by atoms with Crippen LogP contribution < -0.4 is 10.3 Å². The van der Waals surface area contributed by atoms with E-state index in [0.29, 0.717) is 31.0 Å². The van der Waals surface area contributed by atoms with Gasteiger partial charge in [0.25, 0.3) is 5.56 Å². The third kappa shape index (κ3) is 5.66. The number of pyridine rings is 1. The summed E-state index contributed by atoms with van der Waals surface area (Å²) in [6.45, 7) is 3.39. The highest BCUT2D eigenvalue weighted by Gasteiger charge is 2.31. The molecule has 0 aliphatic carbocycles. The number of methoxy groups -OCH3 is 1. The summed E-state index contributed by atoms with van der Waals surface area (Å²) in [5, 5.41) is 13.9. The number of aromatic nitrogens is 5. The zero-order valence-electron chi connectivity index (χ0n) is 22.9. The lowest BCUT2D eigenvalue weighted by Gasteiger charge is -2.30. The number of aryl methyl sites for hydroxylation is 1. The first-order valence-electron chi connectivity index (χ1n) is 13.4. The Labute approximate surface area is 237 Å². The van der Waals surface area contributed by atoms with Crippen molar-refractivity contribution in [2.75, 3.05) is 7.11 Å². The van der Waals surface area contributed by atoms with Crippen LogP contribution in [-0.4, -0.2) is 37.2 Å². The second-order valence-corrected chi connectivity index (χ2v) is 10.0. The van der Waals surface area contributed by atoms with Gasteiger partial charge in [0, 0.05) is 12.1 Å². The van der Waals surface area contributed by atoms with Crippen LogP contribution >= 0.6 is 0 Å². The van der Waals surface area contributed by atoms with E-state index in [9.17, 15) is 4.79 Å². The number of nitrogens with one attached hydrogen (secondary N) is 1. The maximum atomic E-state index is 13.8. The number of hydrogen-bond donors (Lipinski definition) is 1. The molecule has 0 amide bonds. The molecular formula is C32H30N6O3. The zero-order chi connectivity index (χ0) is 28.2. The molecule has 0 fully saturated rings. The highest BCUT2D eigenvalue weighted by Crippen LogP contribution is 2.31. The van der Waals surface area contributed by atoms with E-state index in [-0.39, 0.29) is 5.56 Å². The van der Waals surface area contributed by atoms with Crippen molar-refractivity contribution in [2.24, 2.45) is 0 Å². The molecule has 9 heteroatoms. The fourth-order valence-corrected chi connectivity index (χ4v) is 5.19. The summed E-state index contributed by atoms with van der Waals surface area (Å²) in [5.41, 5.74) is 4.28. The summed E-state index contributed by atoms with van der Waals surface area (Å²) < 4.78 is 12.8. The Morgan fingerprint density at radius 3 is 2.54 bits per heavy atom. The minimum absolute atomic E-state index is 0.187. The molecule has 206 valence electrons. The second kappa shape index (κ2) is 11.6. The van der Waals surface area contributed by atoms with Crippen LogP contribution in [0.5, 0.6) is 5.75 Å². The van der Waals surface area contributed by atoms with Crippen molar-refractivity contribution in [2.45, 2.75) is 32.6 Å². The summed E-state index contributed by atoms with van der Waals surface area (Å²) in [4.78, 5) is 19.1. The van der Waals surface area contributed by atoms with Gasteiger partial charge < -0.3 is 14.1 Å². The van der Waals surface area contributed by atoms with Crippen LogP contribution in [0.4, 0.5) is 0 Å². The number of benzene rings is 3. The highest BCUT2D eigenvalue weighted by atomic mass is 16.5. The lowest BCUT2D eigenvalue weighted by Crippen LogP contribution is -2.35. The van der Waals surface area contributed by atoms with E-state index in [2.05, 4.69) is 37.5 Å². The van der Waals surface area contributed by atoms with Crippen molar-refractivity contribution in [1.29, 1.82) is 0 Å². The molecule has 0 spiro atoms. The summed E-state index contributed by atoms with van der Waals surface area (Å²) >= 11 is 0. The Morgan fingerprint density at radius 2 is 1.78 bits per heavy atom. The quantitative estimate of drug-likeness (QED) is 0.250. The molecule has 1 unspecified atom stereocenters. The monoisotopic (exact) mass is 546 g/mol. The van der Waals surface area contributed by atoms with Crippen molar-refractivity contribution in [3.63, 3.8) is 0 Å². The summed E-state index contributed by atoms with van der Waals surface area (Å²) in [7, 11) is 1.64. The average Bonchev–Trinajstić information content (AvgIpc) is 3.67. The molecule has 41 heavy (non-hydrogen) atoms. The van der Waals surface area contributed by atoms with Gasteiger partial charge in [-0.1, -0.05) is 60.7 Å². The molecule has 0 saturated heterocycles. The molecule has 6 aromatic rings. The fourth-order valence-electron chi connectivity index (χ4n) is 5.19. The van der Waals surface area contributed by atoms with Gasteiger partial charge in [0.1, 0.15) is 17.6 Å². The lowest BCUT2D eigenvalue weighted by atomic mass is 10.0. The molecule has 3 aromatic heterocycles. The van der Waals surface area contributed by atoms with Gasteiger partial charge in [-0.2, -0.15) is 0 Å². The fraction of sp³-hybridized carbons (Fsp3) is 0.188. The number of nitrogens with zero attached hydrogens (tertiary/aromatic N) is 5. The number of para-hydroxylation sites is 1. The molecule has 0 aliphatic rings. The Balaban J connectivity index is 1.50. The van der Waals surface area contributed by atoms with Crippen LogP contribution in [0.3, 0.4) is 0 Å². The Bertz CT molecular complexity index is 1790. The smallest absolute Gasteiger partial charge is 0.253 e. The number of tetrazole rings is 1. The predicted molar refractivity (Wildman–Crippen MR) is 155 cm³/mol. The van der Waals surface area contributed by atoms with Crippen LogP contribution in [0.2, 0.25) is 0 Å². The number of H-pyrrole nitrogens is 1. The van der Waals surface area contributed by atoms with Gasteiger partial charge >= 0.3 is 0 Å². The van der Waals surface area contributed by atoms with Crippen molar-refractivity contribution in [3.05, 3.63) is 141 Å². The number of ether oxygens (including phenoxy) is 1. The van der Waals surface area contributed by atoms with Crippen LogP contribution in [0.1, 0.15) is 39.9 Å². The molecule has 3 aromatic carbocycles. The molecule has 0 aliphatic heterocycles. The first kappa shape index (κ1) is 26.2. The Kier molecular flexibility index (Phi) is 7.42. The number of rotatable bonds is 10. The molecule has 1 N–H and O–H groups in total. The van der Waals surface area contributed by atoms with E-state index in [1.165, 1.54) is 0 Å². The molecule has 0 bridgehead atoms. The van der Waals surface area contributed by atoms with E-state index < -0.39 is 6.04 Å². The van der Waals surface area contributed by atoms with E-state index in [1.54, 1.807) is 18.1 Å². The second-order valence-electron chi connectivity index (χ2n) is 10.0. The minimum atomic E-state index is -0.581. The summed E-state index contributed by atoms with van der Waals surface area (Å²) in [6.07, 6.45) is 1.66. The SMILES string of the molecule is COc1ccc(Cn2nnnc2C(c2cc3cccc(C)c3[nH]c2=O)N(Cc2ccccc2)Cc2ccco2)cc1. The number of aromatic amines is 1. The van der Waals surface area contributed by atoms with Crippen molar-refractivity contribution >= 4 is 10.9 Å². The number of hydrogen-bond acceptors (Lipinski definition) is 7. The van der Waals surface area contributed by atoms with E-state index in [4.69, 9.17) is 9.15 Å². The van der Waals surface area contributed by atoms with Gasteiger partial charge in [0.15, 0.2) is 5.82 Å². The standard InChI is InChI=1S/C32H30N6O3/c1-22-8-6-11-25-18-28(32(39)33-29(22)25)30(31-34-35-36-38(31)20-24-13-15-26(40-2)16-14-24)37(21-27-12-7-17-41-27)19-23-9-4-3-5-10-23/h3-18,30H,19-21H2,1-2H3,(H,33,39). The molecule has 0 radical (unpaired) electrons. The van der Waals surface area contributed by atoms with E-state index >= 15 is 0 Å². The van der Waals surface area contributed by atoms with Gasteiger partial charge in [0.05, 0.1) is 32.0 Å². The van der Waals surface area contributed by atoms with Crippen molar-refractivity contribution in [1.82, 2.24) is 30.1 Å². The molecule has 9 nitrogen and oxygen atoms in total. The summed E-state index contributed by atoms with van der Waals surface area (Å²) in [6, 6.07) is 29.1. The molecular weight excluding hydrogens is 516 g/mol. The van der Waals surface area contributed by atoms with Crippen molar-refractivity contribution < 1.29 is 9.15 Å². The molecule has 6 rings (SSSR count). The average molecular weight is 547 g/mol. The first-order chi connectivity index (χ1) is 20.1. The van der Waals surface area contributed by atoms with Crippen molar-refractivity contribution in [3.8, 4) is 5.75 Å². The van der Waals surface area contributed by atoms with Gasteiger partial charge in [-0.15, -0.1) is 5.10 Å². The van der Waals surface area contributed by atoms with E-state index in [1.807, 2.05) is 85.8 Å². The third-order valence-corrected chi connectivity index (χ3v) is 7.24. The van der Waals surface area contributed by atoms with Gasteiger partial charge in [-0.3, -0.25) is 9.69 Å². The van der Waals surface area contributed by atoms with Crippen LogP contribution in [-0.2, 0) is 19.6 Å². The topological polar surface area (TPSA) is 102 Å². The predicted octanol–water partition coefficient (Wildman–Crippen LogP) is 5.26. The van der Waals surface area contributed by atoms with E-state index in [0.717, 1.165) is 39.1 Å². The maximum Gasteiger partial charge on any atom is 0.253 e. The van der Waals surface area contributed by atoms with Gasteiger partial charge in [-0.05, 0) is 69.8 Å². The van der Waals surface area contributed by atoms with Gasteiger partial charge in [-0.25, -0.2) is 4.68 Å². The molecule has 0 saturated carbocycles. The normalized spacial score (nSPS) is 12.2. The highest BCUT2D eigenvalue weighted by molar-refractivity contribution is 5.82. The lowest BCUT2D eigenvalue weighted by molar-refractivity contribution is 0.179. The van der Waals surface area contributed by atoms with Crippen LogP contribution in [0.25, 0.3) is 10.9 Å². The van der Waals surface area contributed by atoms with Crippen LogP contribution in [0.15, 0.2) is 106 Å². The largest absolute Gasteiger partial charge is 0.497 e. The first-order valence-corrected chi connectivity index (χ1v) is 13.4. The number of furan rings is 1. The summed E-state index contributed by atoms with van der Waals surface area (Å²) in [5.74, 6) is 2.10. The minimum Gasteiger partial charge on any atom is -0.497 e. The Morgan fingerprint density at radius 1 is 0.951 bits per heavy atom. The Hall–Kier alpha value is -5.02. The number of fused-ring (bicyclic) bond motifs is 1. The van der Waals surface area contributed by atoms with Gasteiger partial charge in [0.2, 0.25) is 0 Å². The molecule has 1 atom stereocenters. The third-order valence-electron chi connectivity index (χ3n) is 7.24. The van der Waals surface area contributed by atoms with Crippen LogP contribution in [0, 0.1) is 6.92 Å². The maximum absolute atomic E-state index is 13.8.